The maximum absolute atomic E-state index is 11.6. The minimum atomic E-state index is 0. The summed E-state index contributed by atoms with van der Waals surface area (Å²) in [7, 11) is 3.46. The van der Waals surface area contributed by atoms with Gasteiger partial charge >= 0.3 is 0 Å². The van der Waals surface area contributed by atoms with E-state index >= 15 is 0 Å². The molecule has 22 heavy (non-hydrogen) atoms. The molecule has 0 saturated carbocycles. The van der Waals surface area contributed by atoms with Gasteiger partial charge in [0.2, 0.25) is 5.91 Å². The highest BCUT2D eigenvalue weighted by atomic mass is 127. The van der Waals surface area contributed by atoms with Crippen LogP contribution in [0.1, 0.15) is 18.9 Å². The van der Waals surface area contributed by atoms with Crippen molar-refractivity contribution in [2.75, 3.05) is 27.2 Å². The van der Waals surface area contributed by atoms with Crippen molar-refractivity contribution in [3.63, 3.8) is 0 Å². The van der Waals surface area contributed by atoms with Crippen LogP contribution >= 0.6 is 35.6 Å². The van der Waals surface area contributed by atoms with Gasteiger partial charge in [-0.15, -0.1) is 24.0 Å². The van der Waals surface area contributed by atoms with Gasteiger partial charge in [-0.3, -0.25) is 4.79 Å². The van der Waals surface area contributed by atoms with Crippen LogP contribution in [-0.4, -0.2) is 44.0 Å². The number of amides is 1. The van der Waals surface area contributed by atoms with Crippen LogP contribution in [-0.2, 0) is 11.3 Å². The number of aliphatic imine (C=N–C) groups is 1. The monoisotopic (exact) mass is 438 g/mol. The van der Waals surface area contributed by atoms with Gasteiger partial charge in [-0.2, -0.15) is 0 Å². The first kappa shape index (κ1) is 21.0. The Hall–Kier alpha value is -1.02. The molecule has 0 radical (unpaired) electrons. The molecule has 0 bridgehead atoms. The molecular weight excluding hydrogens is 415 g/mol. The number of hydrogen-bond acceptors (Lipinski definition) is 2. The van der Waals surface area contributed by atoms with E-state index in [4.69, 9.17) is 11.6 Å². The van der Waals surface area contributed by atoms with E-state index in [1.807, 2.05) is 24.3 Å². The molecule has 1 aromatic carbocycles. The number of guanidine groups is 1. The molecule has 0 heterocycles. The van der Waals surface area contributed by atoms with E-state index in [1.165, 1.54) is 0 Å². The van der Waals surface area contributed by atoms with E-state index in [2.05, 4.69) is 22.5 Å². The lowest BCUT2D eigenvalue weighted by atomic mass is 10.2. The summed E-state index contributed by atoms with van der Waals surface area (Å²) in [5.41, 5.74) is 1.07. The highest BCUT2D eigenvalue weighted by molar-refractivity contribution is 14.0. The zero-order valence-corrected chi connectivity index (χ0v) is 16.3. The topological polar surface area (TPSA) is 56.7 Å². The maximum Gasteiger partial charge on any atom is 0.241 e. The molecule has 0 aliphatic rings. The summed E-state index contributed by atoms with van der Waals surface area (Å²) < 4.78 is 0. The average Bonchev–Trinajstić information content (AvgIpc) is 2.47. The number of halogens is 2. The van der Waals surface area contributed by atoms with Crippen molar-refractivity contribution in [1.82, 2.24) is 15.5 Å². The largest absolute Gasteiger partial charge is 0.356 e. The fourth-order valence-corrected chi connectivity index (χ4v) is 1.62. The maximum atomic E-state index is 11.6. The molecule has 0 fully saturated rings. The SMILES string of the molecule is CCCNC(=NCc1ccc(Cl)cc1)NCC(=O)N(C)C.I. The van der Waals surface area contributed by atoms with Gasteiger partial charge in [-0.25, -0.2) is 4.99 Å². The molecule has 0 saturated heterocycles. The second-order valence-electron chi connectivity index (χ2n) is 4.86. The second-order valence-corrected chi connectivity index (χ2v) is 5.30. The van der Waals surface area contributed by atoms with Gasteiger partial charge in [0.25, 0.3) is 0 Å². The Morgan fingerprint density at radius 3 is 2.41 bits per heavy atom. The summed E-state index contributed by atoms with van der Waals surface area (Å²) in [5, 5.41) is 6.94. The van der Waals surface area contributed by atoms with Gasteiger partial charge in [0, 0.05) is 25.7 Å². The number of nitrogens with one attached hydrogen (secondary N) is 2. The minimum absolute atomic E-state index is 0. The summed E-state index contributed by atoms with van der Waals surface area (Å²) >= 11 is 5.85. The number of hydrogen-bond donors (Lipinski definition) is 2. The molecule has 1 amide bonds. The van der Waals surface area contributed by atoms with Crippen LogP contribution in [0.15, 0.2) is 29.3 Å². The third kappa shape index (κ3) is 8.43. The zero-order chi connectivity index (χ0) is 15.7. The number of benzene rings is 1. The lowest BCUT2D eigenvalue weighted by molar-refractivity contribution is -0.127. The number of carbonyl (C=O) groups excluding carboxylic acids is 1. The Morgan fingerprint density at radius 2 is 1.86 bits per heavy atom. The number of rotatable bonds is 6. The van der Waals surface area contributed by atoms with Crippen molar-refractivity contribution in [3.05, 3.63) is 34.9 Å². The van der Waals surface area contributed by atoms with Crippen molar-refractivity contribution >= 4 is 47.4 Å². The van der Waals surface area contributed by atoms with Crippen LogP contribution in [0.5, 0.6) is 0 Å². The molecule has 0 unspecified atom stereocenters. The van der Waals surface area contributed by atoms with Crippen LogP contribution in [0.3, 0.4) is 0 Å². The molecule has 1 aromatic rings. The van der Waals surface area contributed by atoms with E-state index in [9.17, 15) is 4.79 Å². The van der Waals surface area contributed by atoms with Crippen molar-refractivity contribution in [2.45, 2.75) is 19.9 Å². The molecule has 0 aliphatic heterocycles. The average molecular weight is 439 g/mol. The van der Waals surface area contributed by atoms with Crippen LogP contribution in [0.2, 0.25) is 5.02 Å². The number of likely N-dealkylation sites (N-methyl/N-ethyl adjacent to an activating group) is 1. The second kappa shape index (κ2) is 11.5. The number of carbonyl (C=O) groups is 1. The Kier molecular flexibility index (Phi) is 11.0. The molecule has 0 atom stereocenters. The molecule has 1 rings (SSSR count). The van der Waals surface area contributed by atoms with E-state index in [1.54, 1.807) is 19.0 Å². The van der Waals surface area contributed by atoms with E-state index in [0.29, 0.717) is 17.5 Å². The molecule has 0 aromatic heterocycles. The predicted octanol–water partition coefficient (Wildman–Crippen LogP) is 2.49. The fraction of sp³-hybridized carbons (Fsp3) is 0.467. The molecule has 7 heteroatoms. The third-order valence-electron chi connectivity index (χ3n) is 2.78. The summed E-state index contributed by atoms with van der Waals surface area (Å²) in [5.74, 6) is 0.648. The lowest BCUT2D eigenvalue weighted by Crippen LogP contribution is -2.43. The predicted molar refractivity (Wildman–Crippen MR) is 103 cm³/mol. The summed E-state index contributed by atoms with van der Waals surface area (Å²) in [6.07, 6.45) is 0.989. The Labute approximate surface area is 154 Å². The highest BCUT2D eigenvalue weighted by Crippen LogP contribution is 2.10. The standard InChI is InChI=1S/C15H23ClN4O.HI/c1-4-9-17-15(19-11-14(21)20(2)3)18-10-12-5-7-13(16)8-6-12;/h5-8H,4,9-11H2,1-3H3,(H2,17,18,19);1H. The Morgan fingerprint density at radius 1 is 1.23 bits per heavy atom. The summed E-state index contributed by atoms with van der Waals surface area (Å²) in [6, 6.07) is 7.56. The summed E-state index contributed by atoms with van der Waals surface area (Å²) in [6.45, 7) is 3.65. The van der Waals surface area contributed by atoms with Gasteiger partial charge in [0.15, 0.2) is 5.96 Å². The molecule has 2 N–H and O–H groups in total. The van der Waals surface area contributed by atoms with Crippen LogP contribution in [0.4, 0.5) is 0 Å². The van der Waals surface area contributed by atoms with Gasteiger partial charge in [-0.1, -0.05) is 30.7 Å². The van der Waals surface area contributed by atoms with E-state index < -0.39 is 0 Å². The normalized spacial score (nSPS) is 10.6. The van der Waals surface area contributed by atoms with E-state index in [-0.39, 0.29) is 36.4 Å². The lowest BCUT2D eigenvalue weighted by Gasteiger charge is -2.14. The minimum Gasteiger partial charge on any atom is -0.356 e. The molecule has 124 valence electrons. The Balaban J connectivity index is 0.00000441. The van der Waals surface area contributed by atoms with Gasteiger partial charge in [0.05, 0.1) is 13.1 Å². The first-order chi connectivity index (χ1) is 10.0. The van der Waals surface area contributed by atoms with Crippen LogP contribution in [0.25, 0.3) is 0 Å². The van der Waals surface area contributed by atoms with Crippen molar-refractivity contribution in [2.24, 2.45) is 4.99 Å². The zero-order valence-electron chi connectivity index (χ0n) is 13.2. The fourth-order valence-electron chi connectivity index (χ4n) is 1.50. The van der Waals surface area contributed by atoms with Crippen molar-refractivity contribution in [3.8, 4) is 0 Å². The smallest absolute Gasteiger partial charge is 0.241 e. The molecular formula is C15H24ClIN4O. The van der Waals surface area contributed by atoms with Crippen LogP contribution in [0, 0.1) is 0 Å². The number of nitrogens with zero attached hydrogens (tertiary/aromatic N) is 2. The van der Waals surface area contributed by atoms with E-state index in [0.717, 1.165) is 18.5 Å². The third-order valence-corrected chi connectivity index (χ3v) is 3.03. The highest BCUT2D eigenvalue weighted by Gasteiger charge is 2.05. The van der Waals surface area contributed by atoms with Gasteiger partial charge < -0.3 is 15.5 Å². The Bertz CT molecular complexity index is 477. The van der Waals surface area contributed by atoms with Crippen LogP contribution < -0.4 is 10.6 Å². The quantitative estimate of drug-likeness (QED) is 0.408. The summed E-state index contributed by atoms with van der Waals surface area (Å²) in [4.78, 5) is 17.6. The first-order valence-corrected chi connectivity index (χ1v) is 7.37. The molecule has 0 spiro atoms. The van der Waals surface area contributed by atoms with Crippen molar-refractivity contribution < 1.29 is 4.79 Å². The van der Waals surface area contributed by atoms with Gasteiger partial charge in [0.1, 0.15) is 0 Å². The first-order valence-electron chi connectivity index (χ1n) is 6.99. The van der Waals surface area contributed by atoms with Gasteiger partial charge in [-0.05, 0) is 24.1 Å². The molecule has 5 nitrogen and oxygen atoms in total. The molecule has 0 aliphatic carbocycles. The van der Waals surface area contributed by atoms with Crippen molar-refractivity contribution in [1.29, 1.82) is 0 Å².